The predicted molar refractivity (Wildman–Crippen MR) is 134 cm³/mol. The lowest BCUT2D eigenvalue weighted by Gasteiger charge is -2.19. The molecule has 2 N–H and O–H groups in total. The van der Waals surface area contributed by atoms with Gasteiger partial charge in [0.15, 0.2) is 0 Å². The molecule has 1 fully saturated rings. The zero-order valence-electron chi connectivity index (χ0n) is 18.8. The molecule has 5 heteroatoms. The summed E-state index contributed by atoms with van der Waals surface area (Å²) in [6.07, 6.45) is 0.942. The molecule has 1 atom stereocenters. The molecule has 1 saturated heterocycles. The molecule has 1 aliphatic heterocycles. The number of urea groups is 1. The van der Waals surface area contributed by atoms with E-state index in [0.29, 0.717) is 0 Å². The number of hydrogen-bond acceptors (Lipinski definition) is 3. The van der Waals surface area contributed by atoms with Gasteiger partial charge in [0, 0.05) is 36.8 Å². The molecular formula is C28H28N4O. The summed E-state index contributed by atoms with van der Waals surface area (Å²) in [6, 6.07) is 28.8. The van der Waals surface area contributed by atoms with Crippen molar-refractivity contribution in [3.05, 3.63) is 96.2 Å². The van der Waals surface area contributed by atoms with Crippen molar-refractivity contribution in [1.82, 2.24) is 15.2 Å². The number of anilines is 1. The Morgan fingerprint density at radius 2 is 1.76 bits per heavy atom. The Hall–Kier alpha value is -3.70. The summed E-state index contributed by atoms with van der Waals surface area (Å²) in [5, 5.41) is 7.15. The Kier molecular flexibility index (Phi) is 6.05. The van der Waals surface area contributed by atoms with Crippen molar-refractivity contribution >= 4 is 22.6 Å². The molecule has 33 heavy (non-hydrogen) atoms. The Balaban J connectivity index is 1.22. The first-order valence-electron chi connectivity index (χ1n) is 11.5. The molecular weight excluding hydrogens is 408 g/mol. The predicted octanol–water partition coefficient (Wildman–Crippen LogP) is 5.61. The smallest absolute Gasteiger partial charge is 0.319 e. The van der Waals surface area contributed by atoms with E-state index in [-0.39, 0.29) is 12.1 Å². The molecule has 0 saturated carbocycles. The maximum Gasteiger partial charge on any atom is 0.319 e. The summed E-state index contributed by atoms with van der Waals surface area (Å²) >= 11 is 0. The molecule has 0 aliphatic carbocycles. The lowest BCUT2D eigenvalue weighted by molar-refractivity contribution is 0.247. The molecule has 166 valence electrons. The average molecular weight is 437 g/mol. The largest absolute Gasteiger partial charge is 0.334 e. The van der Waals surface area contributed by atoms with Gasteiger partial charge in [-0.05, 0) is 42.2 Å². The van der Waals surface area contributed by atoms with E-state index in [1.807, 2.05) is 43.3 Å². The second-order valence-electron chi connectivity index (χ2n) is 8.67. The van der Waals surface area contributed by atoms with Crippen LogP contribution in [0.2, 0.25) is 0 Å². The minimum absolute atomic E-state index is 0.128. The van der Waals surface area contributed by atoms with Gasteiger partial charge in [0.2, 0.25) is 0 Å². The van der Waals surface area contributed by atoms with Crippen LogP contribution in [0.15, 0.2) is 84.9 Å². The van der Waals surface area contributed by atoms with Crippen molar-refractivity contribution in [2.24, 2.45) is 0 Å². The van der Waals surface area contributed by atoms with Gasteiger partial charge in [-0.3, -0.25) is 9.88 Å². The third kappa shape index (κ3) is 4.89. The quantitative estimate of drug-likeness (QED) is 0.428. The first kappa shape index (κ1) is 21.2. The zero-order chi connectivity index (χ0) is 22.6. The fourth-order valence-corrected chi connectivity index (χ4v) is 4.65. The minimum atomic E-state index is -0.165. The molecule has 4 aromatic rings. The molecule has 1 unspecified atom stereocenters. The van der Waals surface area contributed by atoms with Gasteiger partial charge in [-0.1, -0.05) is 72.8 Å². The third-order valence-electron chi connectivity index (χ3n) is 6.20. The fraction of sp³-hybridized carbons (Fsp3) is 0.214. The second kappa shape index (κ2) is 9.43. The highest BCUT2D eigenvalue weighted by atomic mass is 16.2. The van der Waals surface area contributed by atoms with Crippen LogP contribution in [0, 0.1) is 6.92 Å². The van der Waals surface area contributed by atoms with Crippen LogP contribution in [0.3, 0.4) is 0 Å². The topological polar surface area (TPSA) is 57.3 Å². The summed E-state index contributed by atoms with van der Waals surface area (Å²) in [6.45, 7) is 4.62. The van der Waals surface area contributed by atoms with Crippen LogP contribution in [0.1, 0.15) is 17.7 Å². The number of likely N-dealkylation sites (tertiary alicyclic amines) is 1. The molecule has 5 rings (SSSR count). The van der Waals surface area contributed by atoms with Crippen molar-refractivity contribution in [2.45, 2.75) is 25.9 Å². The van der Waals surface area contributed by atoms with Crippen LogP contribution in [-0.4, -0.2) is 35.0 Å². The average Bonchev–Trinajstić information content (AvgIpc) is 3.26. The number of carbonyl (C=O) groups excluding carboxylic acids is 1. The van der Waals surface area contributed by atoms with Crippen molar-refractivity contribution in [2.75, 3.05) is 18.4 Å². The first-order valence-corrected chi connectivity index (χ1v) is 11.5. The lowest BCUT2D eigenvalue weighted by atomic mass is 9.99. The highest BCUT2D eigenvalue weighted by Crippen LogP contribution is 2.26. The number of aryl methyl sites for hydroxylation is 1. The van der Waals surface area contributed by atoms with Gasteiger partial charge < -0.3 is 10.6 Å². The molecule has 5 nitrogen and oxygen atoms in total. The van der Waals surface area contributed by atoms with Crippen molar-refractivity contribution < 1.29 is 4.79 Å². The number of fused-ring (bicyclic) bond motifs is 1. The van der Waals surface area contributed by atoms with Crippen LogP contribution in [-0.2, 0) is 6.54 Å². The highest BCUT2D eigenvalue weighted by molar-refractivity contribution is 6.00. The van der Waals surface area contributed by atoms with Gasteiger partial charge in [-0.2, -0.15) is 0 Å². The van der Waals surface area contributed by atoms with E-state index >= 15 is 0 Å². The number of nitrogens with zero attached hydrogens (tertiary/aromatic N) is 2. The second-order valence-corrected chi connectivity index (χ2v) is 8.67. The fourth-order valence-electron chi connectivity index (χ4n) is 4.65. The van der Waals surface area contributed by atoms with E-state index in [9.17, 15) is 4.79 Å². The van der Waals surface area contributed by atoms with Crippen LogP contribution < -0.4 is 10.6 Å². The van der Waals surface area contributed by atoms with Crippen LogP contribution in [0.25, 0.3) is 22.0 Å². The zero-order valence-corrected chi connectivity index (χ0v) is 18.8. The molecule has 1 aromatic heterocycles. The van der Waals surface area contributed by atoms with Gasteiger partial charge in [-0.15, -0.1) is 0 Å². The van der Waals surface area contributed by atoms with E-state index < -0.39 is 0 Å². The highest BCUT2D eigenvalue weighted by Gasteiger charge is 2.24. The molecule has 2 heterocycles. The van der Waals surface area contributed by atoms with Crippen molar-refractivity contribution in [3.8, 4) is 11.1 Å². The molecule has 3 aromatic carbocycles. The molecule has 0 spiro atoms. The van der Waals surface area contributed by atoms with Crippen LogP contribution in [0.5, 0.6) is 0 Å². The summed E-state index contributed by atoms with van der Waals surface area (Å²) in [5.74, 6) is 0. The Bertz CT molecular complexity index is 1270. The summed E-state index contributed by atoms with van der Waals surface area (Å²) in [7, 11) is 0. The number of pyridine rings is 1. The maximum atomic E-state index is 12.8. The first-order chi connectivity index (χ1) is 16.2. The van der Waals surface area contributed by atoms with Crippen molar-refractivity contribution in [3.63, 3.8) is 0 Å². The van der Waals surface area contributed by atoms with E-state index in [1.54, 1.807) is 0 Å². The van der Waals surface area contributed by atoms with E-state index in [2.05, 4.69) is 69.0 Å². The molecule has 0 radical (unpaired) electrons. The lowest BCUT2D eigenvalue weighted by Crippen LogP contribution is -2.39. The number of amides is 2. The summed E-state index contributed by atoms with van der Waals surface area (Å²) < 4.78 is 0. The standard InChI is InChI=1S/C28H28N4O/c1-20-17-27(25-13-7-8-14-26(25)29-20)31-28(33)30-23-15-16-32(19-23)18-22-11-5-6-12-24(22)21-9-3-2-4-10-21/h2-14,17,23H,15-16,18-19H2,1H3,(H2,29,30,31,33). The molecule has 0 bridgehead atoms. The maximum absolute atomic E-state index is 12.8. The van der Waals surface area contributed by atoms with Crippen LogP contribution >= 0.6 is 0 Å². The molecule has 1 aliphatic rings. The Labute approximate surface area is 194 Å². The van der Waals surface area contributed by atoms with Crippen molar-refractivity contribution in [1.29, 1.82) is 0 Å². The number of hydrogen-bond donors (Lipinski definition) is 2. The monoisotopic (exact) mass is 436 g/mol. The van der Waals surface area contributed by atoms with E-state index in [4.69, 9.17) is 0 Å². The molecule has 2 amide bonds. The number of benzene rings is 3. The van der Waals surface area contributed by atoms with Gasteiger partial charge in [0.05, 0.1) is 11.2 Å². The minimum Gasteiger partial charge on any atom is -0.334 e. The van der Waals surface area contributed by atoms with E-state index in [1.165, 1.54) is 16.7 Å². The summed E-state index contributed by atoms with van der Waals surface area (Å²) in [5.41, 5.74) is 6.38. The number of para-hydroxylation sites is 1. The summed E-state index contributed by atoms with van der Waals surface area (Å²) in [4.78, 5) is 19.7. The number of nitrogens with one attached hydrogen (secondary N) is 2. The van der Waals surface area contributed by atoms with Gasteiger partial charge in [0.25, 0.3) is 0 Å². The number of carbonyl (C=O) groups is 1. The Morgan fingerprint density at radius 3 is 2.64 bits per heavy atom. The Morgan fingerprint density at radius 1 is 1.00 bits per heavy atom. The van der Waals surface area contributed by atoms with E-state index in [0.717, 1.165) is 48.3 Å². The number of aromatic nitrogens is 1. The van der Waals surface area contributed by atoms with Crippen LogP contribution in [0.4, 0.5) is 10.5 Å². The SMILES string of the molecule is Cc1cc(NC(=O)NC2CCN(Cc3ccccc3-c3ccccc3)C2)c2ccccc2n1. The third-order valence-corrected chi connectivity index (χ3v) is 6.20. The van der Waals surface area contributed by atoms with Gasteiger partial charge in [0.1, 0.15) is 0 Å². The van der Waals surface area contributed by atoms with Gasteiger partial charge in [-0.25, -0.2) is 4.79 Å². The number of rotatable bonds is 5. The van der Waals surface area contributed by atoms with Gasteiger partial charge >= 0.3 is 6.03 Å². The normalized spacial score (nSPS) is 16.1.